The number of pyridine rings is 1. The van der Waals surface area contributed by atoms with E-state index in [1.54, 1.807) is 13.0 Å². The lowest BCUT2D eigenvalue weighted by atomic mass is 10.0. The summed E-state index contributed by atoms with van der Waals surface area (Å²) < 4.78 is 1.27. The zero-order chi connectivity index (χ0) is 13.9. The van der Waals surface area contributed by atoms with E-state index in [0.29, 0.717) is 24.1 Å². The van der Waals surface area contributed by atoms with Crippen LogP contribution >= 0.6 is 0 Å². The molecule has 0 saturated carbocycles. The summed E-state index contributed by atoms with van der Waals surface area (Å²) in [5, 5.41) is 19.2. The molecule has 0 amide bonds. The number of hydrogen-bond acceptors (Lipinski definition) is 3. The first-order valence-corrected chi connectivity index (χ1v) is 5.90. The molecule has 0 aliphatic rings. The van der Waals surface area contributed by atoms with Crippen molar-refractivity contribution in [3.63, 3.8) is 0 Å². The van der Waals surface area contributed by atoms with E-state index in [0.717, 1.165) is 0 Å². The number of aromatic nitrogens is 1. The molecule has 0 spiro atoms. The normalized spacial score (nSPS) is 10.4. The van der Waals surface area contributed by atoms with Crippen molar-refractivity contribution in [1.29, 1.82) is 5.26 Å². The molecule has 1 aromatic rings. The molecule has 1 N–H and O–H groups in total. The summed E-state index contributed by atoms with van der Waals surface area (Å²) in [5.41, 5.74) is 0.820. The van der Waals surface area contributed by atoms with Gasteiger partial charge in [0.1, 0.15) is 11.6 Å². The largest absolute Gasteiger partial charge is 0.494 e. The van der Waals surface area contributed by atoms with E-state index in [1.807, 2.05) is 19.9 Å². The van der Waals surface area contributed by atoms with Crippen molar-refractivity contribution < 1.29 is 5.11 Å². The molecule has 0 aliphatic heterocycles. The van der Waals surface area contributed by atoms with Gasteiger partial charge >= 0.3 is 0 Å². The Morgan fingerprint density at radius 1 is 1.56 bits per heavy atom. The molecule has 0 aromatic carbocycles. The number of aromatic hydroxyl groups is 1. The summed E-state index contributed by atoms with van der Waals surface area (Å²) in [4.78, 5) is 12.1. The first-order chi connectivity index (χ1) is 8.43. The zero-order valence-electron chi connectivity index (χ0n) is 11.0. The fraction of sp³-hybridized carbons (Fsp3) is 0.429. The molecule has 96 valence electrons. The molecule has 1 heterocycles. The van der Waals surface area contributed by atoms with Crippen molar-refractivity contribution >= 4 is 0 Å². The Morgan fingerprint density at radius 2 is 2.17 bits per heavy atom. The summed E-state index contributed by atoms with van der Waals surface area (Å²) in [6, 6.07) is 1.92. The molecule has 0 saturated heterocycles. The smallest absolute Gasteiger partial charge is 0.271 e. The highest BCUT2D eigenvalue weighted by Crippen LogP contribution is 2.23. The lowest BCUT2D eigenvalue weighted by molar-refractivity contribution is 0.377. The Hall–Kier alpha value is -2.02. The van der Waals surface area contributed by atoms with Gasteiger partial charge in [0.05, 0.1) is 0 Å². The van der Waals surface area contributed by atoms with Gasteiger partial charge in [0.15, 0.2) is 5.88 Å². The second kappa shape index (κ2) is 5.54. The maximum atomic E-state index is 12.1. The molecule has 1 rings (SSSR count). The van der Waals surface area contributed by atoms with Crippen LogP contribution in [-0.2, 0) is 13.0 Å². The van der Waals surface area contributed by atoms with Crippen LogP contribution in [0.5, 0.6) is 5.88 Å². The number of allylic oxidation sites excluding steroid dienone is 1. The fourth-order valence-electron chi connectivity index (χ4n) is 1.93. The third kappa shape index (κ3) is 2.45. The second-order valence-corrected chi connectivity index (χ2v) is 4.72. The first-order valence-electron chi connectivity index (χ1n) is 5.90. The maximum absolute atomic E-state index is 12.1. The van der Waals surface area contributed by atoms with Gasteiger partial charge in [-0.1, -0.05) is 19.9 Å². The van der Waals surface area contributed by atoms with Crippen molar-refractivity contribution in [1.82, 2.24) is 4.57 Å². The topological polar surface area (TPSA) is 66.0 Å². The number of rotatable bonds is 4. The third-order valence-electron chi connectivity index (χ3n) is 2.82. The van der Waals surface area contributed by atoms with Gasteiger partial charge in [0.25, 0.3) is 5.56 Å². The lowest BCUT2D eigenvalue weighted by Crippen LogP contribution is -2.27. The Labute approximate surface area is 107 Å². The Morgan fingerprint density at radius 3 is 2.61 bits per heavy atom. The highest BCUT2D eigenvalue weighted by Gasteiger charge is 2.18. The van der Waals surface area contributed by atoms with Crippen LogP contribution in [0.25, 0.3) is 0 Å². The molecule has 4 nitrogen and oxygen atoms in total. The minimum absolute atomic E-state index is 0.0508. The number of hydrogen-bond donors (Lipinski definition) is 1. The van der Waals surface area contributed by atoms with E-state index >= 15 is 0 Å². The van der Waals surface area contributed by atoms with Crippen LogP contribution in [0.2, 0.25) is 0 Å². The van der Waals surface area contributed by atoms with Gasteiger partial charge in [-0.25, -0.2) is 0 Å². The van der Waals surface area contributed by atoms with Crippen molar-refractivity contribution in [3.05, 3.63) is 39.7 Å². The van der Waals surface area contributed by atoms with Gasteiger partial charge in [0.2, 0.25) is 0 Å². The molecular formula is C14H18N2O2. The second-order valence-electron chi connectivity index (χ2n) is 4.72. The van der Waals surface area contributed by atoms with E-state index in [4.69, 9.17) is 5.26 Å². The first kappa shape index (κ1) is 14.0. The van der Waals surface area contributed by atoms with E-state index in [2.05, 4.69) is 6.58 Å². The average Bonchev–Trinajstić information content (AvgIpc) is 2.31. The van der Waals surface area contributed by atoms with Crippen molar-refractivity contribution in [2.75, 3.05) is 0 Å². The zero-order valence-corrected chi connectivity index (χ0v) is 11.0. The van der Waals surface area contributed by atoms with Crippen LogP contribution in [-0.4, -0.2) is 9.67 Å². The van der Waals surface area contributed by atoms with Gasteiger partial charge in [0, 0.05) is 12.1 Å². The Kier molecular flexibility index (Phi) is 4.33. The molecule has 0 fully saturated rings. The van der Waals surface area contributed by atoms with Gasteiger partial charge < -0.3 is 5.11 Å². The molecule has 0 atom stereocenters. The highest BCUT2D eigenvalue weighted by atomic mass is 16.3. The summed E-state index contributed by atoms with van der Waals surface area (Å²) in [6.07, 6.45) is 2.08. The predicted octanol–water partition coefficient (Wildman–Crippen LogP) is 2.12. The Bertz CT molecular complexity index is 563. The summed E-state index contributed by atoms with van der Waals surface area (Å²) >= 11 is 0. The highest BCUT2D eigenvalue weighted by molar-refractivity contribution is 5.46. The van der Waals surface area contributed by atoms with Crippen molar-refractivity contribution in [2.45, 2.75) is 33.7 Å². The quantitative estimate of drug-likeness (QED) is 0.827. The SMILES string of the molecule is C=CCc1c(C)c(C#N)c(=O)n(CC(C)C)c1O. The molecule has 0 radical (unpaired) electrons. The van der Waals surface area contributed by atoms with E-state index < -0.39 is 5.56 Å². The number of nitrogens with zero attached hydrogens (tertiary/aromatic N) is 2. The minimum Gasteiger partial charge on any atom is -0.494 e. The fourth-order valence-corrected chi connectivity index (χ4v) is 1.93. The molecular weight excluding hydrogens is 228 g/mol. The van der Waals surface area contributed by atoms with E-state index in [-0.39, 0.29) is 17.4 Å². The van der Waals surface area contributed by atoms with Crippen LogP contribution in [0.15, 0.2) is 17.4 Å². The number of nitriles is 1. The predicted molar refractivity (Wildman–Crippen MR) is 70.6 cm³/mol. The van der Waals surface area contributed by atoms with Gasteiger partial charge in [-0.2, -0.15) is 5.26 Å². The summed E-state index contributed by atoms with van der Waals surface area (Å²) in [5.74, 6) is 0.157. The average molecular weight is 246 g/mol. The summed E-state index contributed by atoms with van der Waals surface area (Å²) in [6.45, 7) is 9.60. The minimum atomic E-state index is -0.422. The van der Waals surface area contributed by atoms with E-state index in [9.17, 15) is 9.90 Å². The Balaban J connectivity index is 3.62. The van der Waals surface area contributed by atoms with Crippen LogP contribution in [0.1, 0.15) is 30.5 Å². The molecule has 1 aromatic heterocycles. The molecule has 4 heteroatoms. The van der Waals surface area contributed by atoms with Crippen LogP contribution in [0, 0.1) is 24.2 Å². The molecule has 18 heavy (non-hydrogen) atoms. The van der Waals surface area contributed by atoms with Gasteiger partial charge in [-0.05, 0) is 24.8 Å². The van der Waals surface area contributed by atoms with Crippen molar-refractivity contribution in [2.24, 2.45) is 5.92 Å². The van der Waals surface area contributed by atoms with Crippen LogP contribution in [0.3, 0.4) is 0 Å². The van der Waals surface area contributed by atoms with Crippen molar-refractivity contribution in [3.8, 4) is 11.9 Å². The van der Waals surface area contributed by atoms with Gasteiger partial charge in [-0.3, -0.25) is 9.36 Å². The molecule has 0 aliphatic carbocycles. The lowest BCUT2D eigenvalue weighted by Gasteiger charge is -2.16. The summed E-state index contributed by atoms with van der Waals surface area (Å²) in [7, 11) is 0. The van der Waals surface area contributed by atoms with Crippen LogP contribution < -0.4 is 5.56 Å². The van der Waals surface area contributed by atoms with Gasteiger partial charge in [-0.15, -0.1) is 6.58 Å². The maximum Gasteiger partial charge on any atom is 0.271 e. The molecule has 0 unspecified atom stereocenters. The monoisotopic (exact) mass is 246 g/mol. The van der Waals surface area contributed by atoms with Crippen LogP contribution in [0.4, 0.5) is 0 Å². The third-order valence-corrected chi connectivity index (χ3v) is 2.82. The molecule has 0 bridgehead atoms. The van der Waals surface area contributed by atoms with E-state index in [1.165, 1.54) is 4.57 Å². The standard InChI is InChI=1S/C14H18N2O2/c1-5-6-11-10(4)12(7-15)14(18)16(13(11)17)8-9(2)3/h5,9,17H,1,6,8H2,2-4H3.